The maximum absolute atomic E-state index is 12.3. The molecule has 1 heterocycles. The molecule has 2 aromatic carbocycles. The Morgan fingerprint density at radius 2 is 1.76 bits per heavy atom. The van der Waals surface area contributed by atoms with E-state index in [4.69, 9.17) is 16.0 Å². The molecule has 0 radical (unpaired) electrons. The van der Waals surface area contributed by atoms with Crippen LogP contribution in [-0.2, 0) is 0 Å². The standard InChI is InChI=1S/C18H16ClN3O2S/c1-11(2)25-15-9-5-12(6-10-15)16(23)20-18-22-21-17(24-18)13-3-7-14(19)8-4-13/h3-11H,1-2H3,(H,20,22,23). The number of nitrogens with one attached hydrogen (secondary N) is 1. The van der Waals surface area contributed by atoms with Crippen molar-refractivity contribution in [2.24, 2.45) is 0 Å². The summed E-state index contributed by atoms with van der Waals surface area (Å²) in [6.45, 7) is 4.25. The van der Waals surface area contributed by atoms with Gasteiger partial charge in [0.25, 0.3) is 5.91 Å². The van der Waals surface area contributed by atoms with Crippen molar-refractivity contribution in [2.45, 2.75) is 24.0 Å². The highest BCUT2D eigenvalue weighted by molar-refractivity contribution is 7.99. The first kappa shape index (κ1) is 17.5. The average molecular weight is 374 g/mol. The first-order chi connectivity index (χ1) is 12.0. The van der Waals surface area contributed by atoms with Crippen molar-refractivity contribution in [3.63, 3.8) is 0 Å². The van der Waals surface area contributed by atoms with Gasteiger partial charge >= 0.3 is 6.01 Å². The fourth-order valence-corrected chi connectivity index (χ4v) is 3.07. The van der Waals surface area contributed by atoms with Crippen LogP contribution in [0.1, 0.15) is 24.2 Å². The minimum Gasteiger partial charge on any atom is -0.403 e. The van der Waals surface area contributed by atoms with Crippen LogP contribution < -0.4 is 5.32 Å². The summed E-state index contributed by atoms with van der Waals surface area (Å²) < 4.78 is 5.48. The molecule has 0 aliphatic carbocycles. The summed E-state index contributed by atoms with van der Waals surface area (Å²) in [4.78, 5) is 13.4. The first-order valence-electron chi connectivity index (χ1n) is 7.69. The lowest BCUT2D eigenvalue weighted by molar-refractivity contribution is 0.102. The molecule has 3 rings (SSSR count). The van der Waals surface area contributed by atoms with E-state index in [0.717, 1.165) is 10.5 Å². The van der Waals surface area contributed by atoms with Crippen molar-refractivity contribution >= 4 is 35.3 Å². The number of carbonyl (C=O) groups is 1. The summed E-state index contributed by atoms with van der Waals surface area (Å²) >= 11 is 7.60. The Balaban J connectivity index is 1.68. The van der Waals surface area contributed by atoms with E-state index in [1.54, 1.807) is 48.2 Å². The topological polar surface area (TPSA) is 68.0 Å². The van der Waals surface area contributed by atoms with Crippen LogP contribution in [0.5, 0.6) is 0 Å². The van der Waals surface area contributed by atoms with E-state index >= 15 is 0 Å². The Labute approximate surface area is 154 Å². The summed E-state index contributed by atoms with van der Waals surface area (Å²) in [6, 6.07) is 14.5. The zero-order valence-corrected chi connectivity index (χ0v) is 15.3. The predicted molar refractivity (Wildman–Crippen MR) is 100 cm³/mol. The molecule has 0 aliphatic rings. The van der Waals surface area contributed by atoms with E-state index in [0.29, 0.717) is 21.7 Å². The summed E-state index contributed by atoms with van der Waals surface area (Å²) in [7, 11) is 0. The Morgan fingerprint density at radius 3 is 2.40 bits per heavy atom. The van der Waals surface area contributed by atoms with E-state index in [-0.39, 0.29) is 11.9 Å². The molecule has 1 amide bonds. The Bertz CT molecular complexity index is 861. The molecule has 128 valence electrons. The van der Waals surface area contributed by atoms with E-state index < -0.39 is 0 Å². The second-order valence-electron chi connectivity index (χ2n) is 5.56. The zero-order valence-electron chi connectivity index (χ0n) is 13.7. The molecule has 0 atom stereocenters. The highest BCUT2D eigenvalue weighted by Crippen LogP contribution is 2.24. The Morgan fingerprint density at radius 1 is 1.08 bits per heavy atom. The minimum absolute atomic E-state index is 0.0515. The van der Waals surface area contributed by atoms with Gasteiger partial charge in [0.15, 0.2) is 0 Å². The lowest BCUT2D eigenvalue weighted by Crippen LogP contribution is -2.11. The highest BCUT2D eigenvalue weighted by Gasteiger charge is 2.13. The number of halogens is 1. The van der Waals surface area contributed by atoms with Gasteiger partial charge in [-0.2, -0.15) is 0 Å². The number of anilines is 1. The van der Waals surface area contributed by atoms with E-state index in [1.807, 2.05) is 12.1 Å². The molecule has 1 aromatic heterocycles. The number of thioether (sulfide) groups is 1. The van der Waals surface area contributed by atoms with Crippen molar-refractivity contribution in [1.29, 1.82) is 0 Å². The van der Waals surface area contributed by atoms with Gasteiger partial charge in [-0.3, -0.25) is 10.1 Å². The largest absolute Gasteiger partial charge is 0.403 e. The van der Waals surface area contributed by atoms with Gasteiger partial charge in [0, 0.05) is 26.3 Å². The normalized spacial score (nSPS) is 10.9. The molecule has 1 N–H and O–H groups in total. The van der Waals surface area contributed by atoms with E-state index in [2.05, 4.69) is 29.4 Å². The van der Waals surface area contributed by atoms with Crippen molar-refractivity contribution in [2.75, 3.05) is 5.32 Å². The van der Waals surface area contributed by atoms with Crippen molar-refractivity contribution < 1.29 is 9.21 Å². The number of aromatic nitrogens is 2. The van der Waals surface area contributed by atoms with Crippen LogP contribution in [0.4, 0.5) is 6.01 Å². The van der Waals surface area contributed by atoms with Crippen molar-refractivity contribution in [1.82, 2.24) is 10.2 Å². The number of rotatable bonds is 5. The number of benzene rings is 2. The summed E-state index contributed by atoms with van der Waals surface area (Å²) in [6.07, 6.45) is 0. The van der Waals surface area contributed by atoms with Crippen molar-refractivity contribution in [3.8, 4) is 11.5 Å². The van der Waals surface area contributed by atoms with E-state index in [9.17, 15) is 4.79 Å². The van der Waals surface area contributed by atoms with Gasteiger partial charge in [-0.05, 0) is 48.5 Å². The molecular weight excluding hydrogens is 358 g/mol. The zero-order chi connectivity index (χ0) is 17.8. The molecule has 25 heavy (non-hydrogen) atoms. The SMILES string of the molecule is CC(C)Sc1ccc(C(=O)Nc2nnc(-c3ccc(Cl)cc3)o2)cc1. The predicted octanol–water partition coefficient (Wildman–Crippen LogP) is 5.14. The van der Waals surface area contributed by atoms with Crippen LogP contribution in [0.2, 0.25) is 5.02 Å². The van der Waals surface area contributed by atoms with Gasteiger partial charge in [-0.25, -0.2) is 0 Å². The molecule has 0 bridgehead atoms. The van der Waals surface area contributed by atoms with Crippen molar-refractivity contribution in [3.05, 3.63) is 59.1 Å². The van der Waals surface area contributed by atoms with Crippen LogP contribution in [0, 0.1) is 0 Å². The van der Waals surface area contributed by atoms with Crippen LogP contribution in [0.3, 0.4) is 0 Å². The van der Waals surface area contributed by atoms with Gasteiger partial charge in [-0.15, -0.1) is 16.9 Å². The molecule has 3 aromatic rings. The molecular formula is C18H16ClN3O2S. The van der Waals surface area contributed by atoms with Crippen LogP contribution >= 0.6 is 23.4 Å². The lowest BCUT2D eigenvalue weighted by atomic mass is 10.2. The smallest absolute Gasteiger partial charge is 0.322 e. The monoisotopic (exact) mass is 373 g/mol. The quantitative estimate of drug-likeness (QED) is 0.627. The number of nitrogens with zero attached hydrogens (tertiary/aromatic N) is 2. The maximum Gasteiger partial charge on any atom is 0.322 e. The van der Waals surface area contributed by atoms with Gasteiger partial charge in [-0.1, -0.05) is 30.5 Å². The van der Waals surface area contributed by atoms with E-state index in [1.165, 1.54) is 0 Å². The summed E-state index contributed by atoms with van der Waals surface area (Å²) in [5.74, 6) is 0.0167. The first-order valence-corrected chi connectivity index (χ1v) is 8.94. The number of amides is 1. The van der Waals surface area contributed by atoms with Crippen LogP contribution in [0.25, 0.3) is 11.5 Å². The average Bonchev–Trinajstić information content (AvgIpc) is 3.04. The molecule has 7 heteroatoms. The minimum atomic E-state index is -0.299. The number of hydrogen-bond acceptors (Lipinski definition) is 5. The number of hydrogen-bond donors (Lipinski definition) is 1. The summed E-state index contributed by atoms with van der Waals surface area (Å²) in [5.41, 5.74) is 1.26. The lowest BCUT2D eigenvalue weighted by Gasteiger charge is -2.05. The van der Waals surface area contributed by atoms with Gasteiger partial charge < -0.3 is 4.42 Å². The van der Waals surface area contributed by atoms with Gasteiger partial charge in [0.1, 0.15) is 0 Å². The molecule has 0 unspecified atom stereocenters. The third kappa shape index (κ3) is 4.61. The fourth-order valence-electron chi connectivity index (χ4n) is 2.11. The van der Waals surface area contributed by atoms with Gasteiger partial charge in [0.2, 0.25) is 5.89 Å². The third-order valence-electron chi connectivity index (χ3n) is 3.22. The third-order valence-corrected chi connectivity index (χ3v) is 4.49. The fraction of sp³-hybridized carbons (Fsp3) is 0.167. The second kappa shape index (κ2) is 7.72. The summed E-state index contributed by atoms with van der Waals surface area (Å²) in [5, 5.41) is 11.5. The molecule has 0 saturated carbocycles. The highest BCUT2D eigenvalue weighted by atomic mass is 35.5. The molecule has 0 saturated heterocycles. The molecule has 5 nitrogen and oxygen atoms in total. The molecule has 0 fully saturated rings. The second-order valence-corrected chi connectivity index (χ2v) is 7.65. The Kier molecular flexibility index (Phi) is 5.40. The number of carbonyl (C=O) groups excluding carboxylic acids is 1. The van der Waals surface area contributed by atoms with Gasteiger partial charge in [0.05, 0.1) is 0 Å². The van der Waals surface area contributed by atoms with Crippen LogP contribution in [-0.4, -0.2) is 21.4 Å². The maximum atomic E-state index is 12.3. The molecule has 0 spiro atoms. The Hall–Kier alpha value is -2.31. The van der Waals surface area contributed by atoms with Crippen LogP contribution in [0.15, 0.2) is 57.8 Å². The molecule has 0 aliphatic heterocycles.